The van der Waals surface area contributed by atoms with E-state index < -0.39 is 0 Å². The first kappa shape index (κ1) is 19.2. The number of thioether (sulfide) groups is 1. The van der Waals surface area contributed by atoms with Gasteiger partial charge in [0.2, 0.25) is 0 Å². The average molecular weight is 339 g/mol. The minimum Gasteiger partial charge on any atom is -0.335 e. The van der Waals surface area contributed by atoms with E-state index in [0.29, 0.717) is 6.54 Å². The predicted octanol–water partition coefficient (Wildman–Crippen LogP) is 1.80. The summed E-state index contributed by atoms with van der Waals surface area (Å²) in [6, 6.07) is 0. The van der Waals surface area contributed by atoms with Crippen molar-refractivity contribution in [3.8, 4) is 0 Å². The zero-order valence-corrected chi connectivity index (χ0v) is 14.0. The van der Waals surface area contributed by atoms with Crippen molar-refractivity contribution in [1.29, 1.82) is 0 Å². The van der Waals surface area contributed by atoms with Crippen LogP contribution in [-0.2, 0) is 20.1 Å². The Kier molecular flexibility index (Phi) is 8.88. The maximum atomic E-state index is 5.56. The molecule has 2 heterocycles. The second-order valence-electron chi connectivity index (χ2n) is 4.03. The van der Waals surface area contributed by atoms with Crippen LogP contribution in [-0.4, -0.2) is 30.1 Å². The zero-order valence-electron chi connectivity index (χ0n) is 11.5. The van der Waals surface area contributed by atoms with E-state index in [1.807, 2.05) is 30.9 Å². The minimum atomic E-state index is 0. The van der Waals surface area contributed by atoms with Crippen LogP contribution >= 0.6 is 36.6 Å². The number of imidazole rings is 1. The van der Waals surface area contributed by atoms with Gasteiger partial charge in [-0.25, -0.2) is 4.98 Å². The third-order valence-electron chi connectivity index (χ3n) is 2.81. The molecule has 2 N–H and O–H groups in total. The Labute approximate surface area is 135 Å². The summed E-state index contributed by atoms with van der Waals surface area (Å²) >= 11 is 1.71. The van der Waals surface area contributed by atoms with Crippen molar-refractivity contribution < 1.29 is 0 Å². The monoisotopic (exact) mass is 338 g/mol. The Balaban J connectivity index is 0.00000180. The first-order valence-corrected chi connectivity index (χ1v) is 6.90. The largest absolute Gasteiger partial charge is 0.335 e. The van der Waals surface area contributed by atoms with Crippen LogP contribution in [0.25, 0.3) is 0 Å². The molecule has 0 aliphatic carbocycles. The molecule has 0 atom stereocenters. The van der Waals surface area contributed by atoms with Crippen molar-refractivity contribution in [2.24, 2.45) is 12.8 Å². The summed E-state index contributed by atoms with van der Waals surface area (Å²) in [5.41, 5.74) is 5.56. The molecule has 0 amide bonds. The van der Waals surface area contributed by atoms with Gasteiger partial charge in [-0.3, -0.25) is 0 Å². The van der Waals surface area contributed by atoms with Gasteiger partial charge in [0.15, 0.2) is 5.16 Å². The molecule has 2 aromatic rings. The smallest absolute Gasteiger partial charge is 0.190 e. The highest BCUT2D eigenvalue weighted by Gasteiger charge is 2.07. The van der Waals surface area contributed by atoms with Crippen LogP contribution in [0.2, 0.25) is 0 Å². The Morgan fingerprint density at radius 2 is 2.05 bits per heavy atom. The van der Waals surface area contributed by atoms with Crippen LogP contribution in [0.15, 0.2) is 17.6 Å². The predicted molar refractivity (Wildman–Crippen MR) is 85.7 cm³/mol. The first-order valence-electron chi connectivity index (χ1n) is 5.91. The molecule has 0 bridgehead atoms. The molecule has 0 saturated heterocycles. The second kappa shape index (κ2) is 9.23. The Bertz CT molecular complexity index is 513. The lowest BCUT2D eigenvalue weighted by Crippen LogP contribution is -2.05. The molecule has 0 aromatic carbocycles. The molecule has 114 valence electrons. The summed E-state index contributed by atoms with van der Waals surface area (Å²) in [5, 5.41) is 9.07. The van der Waals surface area contributed by atoms with Gasteiger partial charge in [0, 0.05) is 31.7 Å². The maximum Gasteiger partial charge on any atom is 0.190 e. The molecule has 0 fully saturated rings. The molecule has 0 aliphatic heterocycles. The van der Waals surface area contributed by atoms with Crippen LogP contribution in [0.1, 0.15) is 18.1 Å². The number of nitrogens with zero attached hydrogens (tertiary/aromatic N) is 5. The van der Waals surface area contributed by atoms with Gasteiger partial charge in [-0.1, -0.05) is 11.8 Å². The molecule has 9 heteroatoms. The third kappa shape index (κ3) is 4.66. The van der Waals surface area contributed by atoms with Crippen molar-refractivity contribution in [3.05, 3.63) is 24.0 Å². The van der Waals surface area contributed by atoms with Gasteiger partial charge >= 0.3 is 0 Å². The third-order valence-corrected chi connectivity index (χ3v) is 3.91. The van der Waals surface area contributed by atoms with Crippen LogP contribution in [0.3, 0.4) is 0 Å². The van der Waals surface area contributed by atoms with E-state index in [9.17, 15) is 0 Å². The van der Waals surface area contributed by atoms with Crippen LogP contribution in [0, 0.1) is 6.92 Å². The summed E-state index contributed by atoms with van der Waals surface area (Å²) in [7, 11) is 1.95. The number of rotatable bonds is 6. The highest BCUT2D eigenvalue weighted by atomic mass is 35.5. The molecular weight excluding hydrogens is 319 g/mol. The van der Waals surface area contributed by atoms with Crippen molar-refractivity contribution in [2.45, 2.75) is 31.6 Å². The zero-order chi connectivity index (χ0) is 13.0. The van der Waals surface area contributed by atoms with E-state index in [1.54, 1.807) is 11.8 Å². The molecule has 0 aliphatic rings. The normalized spacial score (nSPS) is 9.95. The molecule has 2 aromatic heterocycles. The Morgan fingerprint density at radius 1 is 1.30 bits per heavy atom. The maximum absolute atomic E-state index is 5.56. The van der Waals surface area contributed by atoms with Crippen LogP contribution in [0.4, 0.5) is 0 Å². The lowest BCUT2D eigenvalue weighted by atomic mass is 10.4. The van der Waals surface area contributed by atoms with Gasteiger partial charge in [0.05, 0.1) is 6.54 Å². The number of hydrogen-bond acceptors (Lipinski definition) is 5. The van der Waals surface area contributed by atoms with Gasteiger partial charge in [-0.2, -0.15) is 0 Å². The summed E-state index contributed by atoms with van der Waals surface area (Å²) < 4.78 is 4.11. The van der Waals surface area contributed by atoms with E-state index in [1.165, 1.54) is 0 Å². The number of aryl methyl sites for hydroxylation is 2. The fourth-order valence-electron chi connectivity index (χ4n) is 1.69. The standard InChI is InChI=1S/C11H18N6S.2ClH/c1-9-13-4-6-17(9)5-3-7-18-11-15-14-10(8-12)16(11)2;;/h4,6H,3,5,7-8,12H2,1-2H3;2*1H. The van der Waals surface area contributed by atoms with Gasteiger partial charge in [0.1, 0.15) is 11.6 Å². The molecule has 0 saturated carbocycles. The van der Waals surface area contributed by atoms with Crippen molar-refractivity contribution in [1.82, 2.24) is 24.3 Å². The van der Waals surface area contributed by atoms with Gasteiger partial charge < -0.3 is 14.9 Å². The summed E-state index contributed by atoms with van der Waals surface area (Å²) in [6.07, 6.45) is 4.92. The van der Waals surface area contributed by atoms with E-state index >= 15 is 0 Å². The first-order chi connectivity index (χ1) is 8.72. The lowest BCUT2D eigenvalue weighted by Gasteiger charge is -2.05. The topological polar surface area (TPSA) is 74.6 Å². The highest BCUT2D eigenvalue weighted by molar-refractivity contribution is 7.99. The Hall–Kier alpha value is -0.760. The number of hydrogen-bond donors (Lipinski definition) is 1. The molecule has 0 unspecified atom stereocenters. The number of halogens is 2. The lowest BCUT2D eigenvalue weighted by molar-refractivity contribution is 0.660. The average Bonchev–Trinajstić information content (AvgIpc) is 2.92. The quantitative estimate of drug-likeness (QED) is 0.642. The van der Waals surface area contributed by atoms with Crippen LogP contribution in [0.5, 0.6) is 0 Å². The minimum absolute atomic E-state index is 0. The second-order valence-corrected chi connectivity index (χ2v) is 5.09. The fourth-order valence-corrected chi connectivity index (χ4v) is 2.54. The summed E-state index contributed by atoms with van der Waals surface area (Å²) in [5.74, 6) is 2.89. The SMILES string of the molecule is Cc1nccn1CCCSc1nnc(CN)n1C.Cl.Cl. The molecular formula is C11H20Cl2N6S. The number of aromatic nitrogens is 5. The van der Waals surface area contributed by atoms with Crippen LogP contribution < -0.4 is 5.73 Å². The molecule has 0 spiro atoms. The van der Waals surface area contributed by atoms with Crippen molar-refractivity contribution in [3.63, 3.8) is 0 Å². The van der Waals surface area contributed by atoms with E-state index in [0.717, 1.165) is 35.5 Å². The molecule has 20 heavy (non-hydrogen) atoms. The Morgan fingerprint density at radius 3 is 2.60 bits per heavy atom. The van der Waals surface area contributed by atoms with Gasteiger partial charge in [-0.05, 0) is 13.3 Å². The van der Waals surface area contributed by atoms with E-state index in [-0.39, 0.29) is 24.8 Å². The highest BCUT2D eigenvalue weighted by Crippen LogP contribution is 2.16. The van der Waals surface area contributed by atoms with Crippen molar-refractivity contribution in [2.75, 3.05) is 5.75 Å². The van der Waals surface area contributed by atoms with Crippen molar-refractivity contribution >= 4 is 36.6 Å². The summed E-state index contributed by atoms with van der Waals surface area (Å²) in [4.78, 5) is 4.20. The molecule has 6 nitrogen and oxygen atoms in total. The molecule has 2 rings (SSSR count). The fraction of sp³-hybridized carbons (Fsp3) is 0.545. The van der Waals surface area contributed by atoms with E-state index in [2.05, 4.69) is 19.7 Å². The van der Waals surface area contributed by atoms with Gasteiger partial charge in [0.25, 0.3) is 0 Å². The summed E-state index contributed by atoms with van der Waals surface area (Å²) in [6.45, 7) is 3.43. The van der Waals surface area contributed by atoms with Gasteiger partial charge in [-0.15, -0.1) is 35.0 Å². The molecule has 0 radical (unpaired) electrons. The van der Waals surface area contributed by atoms with E-state index in [4.69, 9.17) is 5.73 Å². The number of nitrogens with two attached hydrogens (primary N) is 1.